The molecule has 1 aromatic heterocycles. The van der Waals surface area contributed by atoms with Crippen LogP contribution in [-0.4, -0.2) is 11.5 Å². The molecule has 1 rings (SSSR count). The van der Waals surface area contributed by atoms with Crippen molar-refractivity contribution in [1.29, 1.82) is 5.26 Å². The summed E-state index contributed by atoms with van der Waals surface area (Å²) in [6.07, 6.45) is 1.59. The van der Waals surface area contributed by atoms with Gasteiger partial charge in [-0.3, -0.25) is 0 Å². The number of nitriles is 1. The van der Waals surface area contributed by atoms with Crippen molar-refractivity contribution in [1.82, 2.24) is 4.98 Å². The van der Waals surface area contributed by atoms with Gasteiger partial charge in [-0.25, -0.2) is 4.98 Å². The Labute approximate surface area is 91.1 Å². The van der Waals surface area contributed by atoms with Gasteiger partial charge in [-0.15, -0.1) is 0 Å². The molecule has 0 radical (unpaired) electrons. The molecule has 3 heteroatoms. The lowest BCUT2D eigenvalue weighted by Gasteiger charge is -2.16. The van der Waals surface area contributed by atoms with E-state index in [4.69, 9.17) is 5.26 Å². The highest BCUT2D eigenvalue weighted by Gasteiger charge is 2.06. The number of nitrogens with one attached hydrogen (secondary N) is 1. The van der Waals surface area contributed by atoms with Gasteiger partial charge in [-0.05, 0) is 24.0 Å². The first kappa shape index (κ1) is 11.5. The minimum absolute atomic E-state index is 0.595. The largest absolute Gasteiger partial charge is 0.370 e. The summed E-state index contributed by atoms with van der Waals surface area (Å²) in [5, 5.41) is 11.9. The summed E-state index contributed by atoms with van der Waals surface area (Å²) in [6.45, 7) is 7.54. The fraction of sp³-hybridized carbons (Fsp3) is 0.500. The Balaban J connectivity index is 2.48. The van der Waals surface area contributed by atoms with Crippen LogP contribution in [0.15, 0.2) is 18.3 Å². The molecule has 0 bridgehead atoms. The van der Waals surface area contributed by atoms with Crippen molar-refractivity contribution in [3.63, 3.8) is 0 Å². The summed E-state index contributed by atoms with van der Waals surface area (Å²) in [5.41, 5.74) is 0.595. The molecule has 0 aliphatic rings. The van der Waals surface area contributed by atoms with E-state index in [2.05, 4.69) is 31.1 Å². The van der Waals surface area contributed by atoms with Crippen molar-refractivity contribution in [2.45, 2.75) is 20.8 Å². The van der Waals surface area contributed by atoms with Gasteiger partial charge in [0.1, 0.15) is 11.9 Å². The van der Waals surface area contributed by atoms with Crippen LogP contribution in [0.5, 0.6) is 0 Å². The zero-order valence-electron chi connectivity index (χ0n) is 9.49. The van der Waals surface area contributed by atoms with Gasteiger partial charge in [0, 0.05) is 12.7 Å². The van der Waals surface area contributed by atoms with Crippen LogP contribution in [0.3, 0.4) is 0 Å². The third-order valence-corrected chi connectivity index (χ3v) is 2.64. The van der Waals surface area contributed by atoms with Crippen LogP contribution in [0, 0.1) is 23.2 Å². The lowest BCUT2D eigenvalue weighted by Crippen LogP contribution is -2.16. The highest BCUT2D eigenvalue weighted by molar-refractivity contribution is 5.38. The average Bonchev–Trinajstić information content (AvgIpc) is 2.26. The number of hydrogen-bond acceptors (Lipinski definition) is 3. The first-order chi connectivity index (χ1) is 7.13. The summed E-state index contributed by atoms with van der Waals surface area (Å²) < 4.78 is 0. The molecule has 0 aromatic carbocycles. The number of aromatic nitrogens is 1. The van der Waals surface area contributed by atoms with E-state index in [9.17, 15) is 0 Å². The molecule has 1 unspecified atom stereocenters. The van der Waals surface area contributed by atoms with E-state index in [1.807, 2.05) is 12.1 Å². The molecule has 0 aliphatic carbocycles. The zero-order chi connectivity index (χ0) is 11.3. The van der Waals surface area contributed by atoms with Crippen LogP contribution in [0.4, 0.5) is 5.82 Å². The lowest BCUT2D eigenvalue weighted by atomic mass is 9.98. The van der Waals surface area contributed by atoms with E-state index in [0.29, 0.717) is 17.4 Å². The molecule has 0 spiro atoms. The van der Waals surface area contributed by atoms with Crippen LogP contribution >= 0.6 is 0 Å². The van der Waals surface area contributed by atoms with Gasteiger partial charge in [0.05, 0.1) is 5.56 Å². The predicted molar refractivity (Wildman–Crippen MR) is 61.4 cm³/mol. The Bertz CT molecular complexity index is 335. The molecule has 15 heavy (non-hydrogen) atoms. The van der Waals surface area contributed by atoms with Crippen LogP contribution in [0.1, 0.15) is 26.3 Å². The molecular formula is C12H17N3. The lowest BCUT2D eigenvalue weighted by molar-refractivity contribution is 0.439. The maximum Gasteiger partial charge on any atom is 0.125 e. The molecule has 3 nitrogen and oxygen atoms in total. The normalized spacial score (nSPS) is 12.2. The van der Waals surface area contributed by atoms with Gasteiger partial charge in [0.2, 0.25) is 0 Å². The van der Waals surface area contributed by atoms with Gasteiger partial charge in [-0.1, -0.05) is 20.8 Å². The molecule has 0 amide bonds. The van der Waals surface area contributed by atoms with Gasteiger partial charge in [0.15, 0.2) is 0 Å². The van der Waals surface area contributed by atoms with E-state index in [1.54, 1.807) is 12.3 Å². The Morgan fingerprint density at radius 3 is 2.60 bits per heavy atom. The topological polar surface area (TPSA) is 48.7 Å². The van der Waals surface area contributed by atoms with Crippen LogP contribution in [0.25, 0.3) is 0 Å². The van der Waals surface area contributed by atoms with Gasteiger partial charge in [0.25, 0.3) is 0 Å². The third-order valence-electron chi connectivity index (χ3n) is 2.64. The molecule has 1 atom stereocenters. The smallest absolute Gasteiger partial charge is 0.125 e. The second kappa shape index (κ2) is 5.35. The Morgan fingerprint density at radius 1 is 1.40 bits per heavy atom. The number of nitrogens with zero attached hydrogens (tertiary/aromatic N) is 2. The van der Waals surface area contributed by atoms with Gasteiger partial charge in [-0.2, -0.15) is 5.26 Å². The molecule has 0 saturated carbocycles. The van der Waals surface area contributed by atoms with Crippen molar-refractivity contribution in [2.24, 2.45) is 11.8 Å². The summed E-state index contributed by atoms with van der Waals surface area (Å²) >= 11 is 0. The monoisotopic (exact) mass is 203 g/mol. The van der Waals surface area contributed by atoms with Crippen molar-refractivity contribution >= 4 is 5.82 Å². The van der Waals surface area contributed by atoms with Crippen molar-refractivity contribution < 1.29 is 0 Å². The molecular weight excluding hydrogens is 186 g/mol. The van der Waals surface area contributed by atoms with Crippen LogP contribution in [-0.2, 0) is 0 Å². The Morgan fingerprint density at radius 2 is 2.13 bits per heavy atom. The van der Waals surface area contributed by atoms with E-state index < -0.39 is 0 Å². The Kier molecular flexibility index (Phi) is 4.11. The molecule has 1 N–H and O–H groups in total. The van der Waals surface area contributed by atoms with E-state index in [1.165, 1.54) is 0 Å². The minimum atomic E-state index is 0.595. The highest BCUT2D eigenvalue weighted by atomic mass is 15.0. The first-order valence-corrected chi connectivity index (χ1v) is 5.23. The third kappa shape index (κ3) is 3.59. The first-order valence-electron chi connectivity index (χ1n) is 5.23. The molecule has 0 fully saturated rings. The average molecular weight is 203 g/mol. The fourth-order valence-corrected chi connectivity index (χ4v) is 1.07. The number of pyridine rings is 1. The molecule has 0 aliphatic heterocycles. The van der Waals surface area contributed by atoms with Gasteiger partial charge < -0.3 is 5.32 Å². The van der Waals surface area contributed by atoms with Gasteiger partial charge >= 0.3 is 0 Å². The summed E-state index contributed by atoms with van der Waals surface area (Å²) in [6, 6.07) is 5.66. The molecule has 1 heterocycles. The van der Waals surface area contributed by atoms with Crippen molar-refractivity contribution in [2.75, 3.05) is 11.9 Å². The van der Waals surface area contributed by atoms with Crippen molar-refractivity contribution in [3.8, 4) is 6.07 Å². The maximum absolute atomic E-state index is 8.61. The SMILES string of the molecule is CC(C)C(C)CNc1ccc(C#N)cn1. The standard InChI is InChI=1S/C12H17N3/c1-9(2)10(3)7-14-12-5-4-11(6-13)8-15-12/h4-5,8-10H,7H2,1-3H3,(H,14,15). The summed E-state index contributed by atoms with van der Waals surface area (Å²) in [7, 11) is 0. The van der Waals surface area contributed by atoms with E-state index in [-0.39, 0.29) is 0 Å². The zero-order valence-corrected chi connectivity index (χ0v) is 9.49. The molecule has 0 saturated heterocycles. The quantitative estimate of drug-likeness (QED) is 0.818. The Hall–Kier alpha value is -1.56. The van der Waals surface area contributed by atoms with E-state index in [0.717, 1.165) is 12.4 Å². The second-order valence-corrected chi connectivity index (χ2v) is 4.15. The predicted octanol–water partition coefficient (Wildman–Crippen LogP) is 2.66. The molecule has 80 valence electrons. The number of anilines is 1. The summed E-state index contributed by atoms with van der Waals surface area (Å²) in [4.78, 5) is 4.15. The van der Waals surface area contributed by atoms with Crippen molar-refractivity contribution in [3.05, 3.63) is 23.9 Å². The van der Waals surface area contributed by atoms with Crippen LogP contribution < -0.4 is 5.32 Å². The van der Waals surface area contributed by atoms with E-state index >= 15 is 0 Å². The minimum Gasteiger partial charge on any atom is -0.370 e. The maximum atomic E-state index is 8.61. The summed E-state index contributed by atoms with van der Waals surface area (Å²) in [5.74, 6) is 2.11. The van der Waals surface area contributed by atoms with Crippen LogP contribution in [0.2, 0.25) is 0 Å². The number of rotatable bonds is 4. The molecule has 1 aromatic rings. The fourth-order valence-electron chi connectivity index (χ4n) is 1.07. The highest BCUT2D eigenvalue weighted by Crippen LogP contribution is 2.11. The second-order valence-electron chi connectivity index (χ2n) is 4.15. The number of hydrogen-bond donors (Lipinski definition) is 1.